The van der Waals surface area contributed by atoms with E-state index < -0.39 is 0 Å². The quantitative estimate of drug-likeness (QED) is 0.647. The van der Waals surface area contributed by atoms with Gasteiger partial charge in [-0.25, -0.2) is 0 Å². The summed E-state index contributed by atoms with van der Waals surface area (Å²) in [4.78, 5) is 2.19. The van der Waals surface area contributed by atoms with Gasteiger partial charge < -0.3 is 10.6 Å². The molecule has 0 spiro atoms. The summed E-state index contributed by atoms with van der Waals surface area (Å²) in [5.74, 6) is 0.108. The van der Waals surface area contributed by atoms with Gasteiger partial charge in [-0.05, 0) is 31.5 Å². The Hall–Kier alpha value is -1.03. The molecule has 1 aromatic rings. The molecule has 0 amide bonds. The van der Waals surface area contributed by atoms with Crippen LogP contribution in [0.5, 0.6) is 0 Å². The van der Waals surface area contributed by atoms with Crippen LogP contribution in [0.3, 0.4) is 0 Å². The molecular formula is C13H20BrN3. The van der Waals surface area contributed by atoms with Crippen molar-refractivity contribution in [3.63, 3.8) is 0 Å². The van der Waals surface area contributed by atoms with E-state index in [4.69, 9.17) is 11.1 Å². The Kier molecular flexibility index (Phi) is 5.00. The summed E-state index contributed by atoms with van der Waals surface area (Å²) in [5, 5.41) is 7.64. The summed E-state index contributed by atoms with van der Waals surface area (Å²) in [6.45, 7) is 4.37. The lowest BCUT2D eigenvalue weighted by Crippen LogP contribution is -2.30. The van der Waals surface area contributed by atoms with E-state index in [1.165, 1.54) is 0 Å². The van der Waals surface area contributed by atoms with Gasteiger partial charge in [-0.1, -0.05) is 29.3 Å². The van der Waals surface area contributed by atoms with Gasteiger partial charge in [0.25, 0.3) is 0 Å². The van der Waals surface area contributed by atoms with Crippen LogP contribution in [0.2, 0.25) is 0 Å². The average molecular weight is 298 g/mol. The molecule has 1 unspecified atom stereocenters. The van der Waals surface area contributed by atoms with Crippen LogP contribution < -0.4 is 10.6 Å². The van der Waals surface area contributed by atoms with Crippen molar-refractivity contribution in [2.45, 2.75) is 32.7 Å². The van der Waals surface area contributed by atoms with Crippen molar-refractivity contribution >= 4 is 27.5 Å². The third kappa shape index (κ3) is 3.46. The zero-order chi connectivity index (χ0) is 13.0. The van der Waals surface area contributed by atoms with Gasteiger partial charge in [-0.3, -0.25) is 5.41 Å². The van der Waals surface area contributed by atoms with Gasteiger partial charge in [-0.2, -0.15) is 0 Å². The maximum Gasteiger partial charge on any atom is 0.124 e. The molecule has 0 aliphatic rings. The van der Waals surface area contributed by atoms with Crippen molar-refractivity contribution in [2.24, 2.45) is 5.73 Å². The van der Waals surface area contributed by atoms with Crippen LogP contribution in [-0.2, 0) is 0 Å². The van der Waals surface area contributed by atoms with Crippen molar-refractivity contribution < 1.29 is 0 Å². The third-order valence-corrected chi connectivity index (χ3v) is 3.49. The number of halogens is 1. The van der Waals surface area contributed by atoms with Crippen molar-refractivity contribution in [3.05, 3.63) is 28.2 Å². The smallest absolute Gasteiger partial charge is 0.124 e. The van der Waals surface area contributed by atoms with Crippen LogP contribution in [0.4, 0.5) is 5.69 Å². The molecule has 4 heteroatoms. The molecular weight excluding hydrogens is 278 g/mol. The number of benzene rings is 1. The summed E-state index contributed by atoms with van der Waals surface area (Å²) in [5.41, 5.74) is 7.43. The fraction of sp³-hybridized carbons (Fsp3) is 0.462. The fourth-order valence-corrected chi connectivity index (χ4v) is 2.24. The van der Waals surface area contributed by atoms with E-state index in [2.05, 4.69) is 41.7 Å². The highest BCUT2D eigenvalue weighted by Gasteiger charge is 2.14. The molecule has 94 valence electrons. The SMILES string of the molecule is CCCC(C)N(C)c1ccc(Br)cc1C(=N)N. The first-order valence-corrected chi connectivity index (χ1v) is 6.63. The molecule has 0 aliphatic heterocycles. The van der Waals surface area contributed by atoms with E-state index in [0.717, 1.165) is 28.6 Å². The summed E-state index contributed by atoms with van der Waals surface area (Å²) in [6, 6.07) is 6.33. The Morgan fingerprint density at radius 3 is 2.71 bits per heavy atom. The summed E-state index contributed by atoms with van der Waals surface area (Å²) in [7, 11) is 2.05. The molecule has 1 atom stereocenters. The minimum Gasteiger partial charge on any atom is -0.384 e. The number of nitrogens with zero attached hydrogens (tertiary/aromatic N) is 1. The molecule has 0 aromatic heterocycles. The van der Waals surface area contributed by atoms with E-state index >= 15 is 0 Å². The minimum atomic E-state index is 0.108. The maximum atomic E-state index is 7.64. The molecule has 3 N–H and O–H groups in total. The van der Waals surface area contributed by atoms with Crippen LogP contribution >= 0.6 is 15.9 Å². The molecule has 0 radical (unpaired) electrons. The Bertz CT molecular complexity index is 404. The summed E-state index contributed by atoms with van der Waals surface area (Å²) < 4.78 is 0.947. The highest BCUT2D eigenvalue weighted by Crippen LogP contribution is 2.25. The van der Waals surface area contributed by atoms with Crippen LogP contribution in [0, 0.1) is 5.41 Å². The Balaban J connectivity index is 3.08. The number of hydrogen-bond donors (Lipinski definition) is 2. The summed E-state index contributed by atoms with van der Waals surface area (Å²) >= 11 is 3.41. The van der Waals surface area contributed by atoms with E-state index in [9.17, 15) is 0 Å². The normalized spacial score (nSPS) is 12.2. The lowest BCUT2D eigenvalue weighted by Gasteiger charge is -2.28. The standard InChI is InChI=1S/C13H20BrN3/c1-4-5-9(2)17(3)12-7-6-10(14)8-11(12)13(15)16/h6-9H,4-5H2,1-3H3,(H3,15,16). The number of amidine groups is 1. The Morgan fingerprint density at radius 2 is 2.18 bits per heavy atom. The topological polar surface area (TPSA) is 53.1 Å². The number of hydrogen-bond acceptors (Lipinski definition) is 2. The van der Waals surface area contributed by atoms with Gasteiger partial charge in [0.15, 0.2) is 0 Å². The van der Waals surface area contributed by atoms with E-state index in [0.29, 0.717) is 6.04 Å². The number of anilines is 1. The van der Waals surface area contributed by atoms with Gasteiger partial charge >= 0.3 is 0 Å². The zero-order valence-corrected chi connectivity index (χ0v) is 12.2. The van der Waals surface area contributed by atoms with Crippen molar-refractivity contribution in [3.8, 4) is 0 Å². The van der Waals surface area contributed by atoms with Crippen molar-refractivity contribution in [1.82, 2.24) is 0 Å². The molecule has 0 heterocycles. The molecule has 0 bridgehead atoms. The Labute approximate surface area is 112 Å². The van der Waals surface area contributed by atoms with Crippen LogP contribution in [0.1, 0.15) is 32.3 Å². The fourth-order valence-electron chi connectivity index (χ4n) is 1.88. The first kappa shape index (κ1) is 14.0. The van der Waals surface area contributed by atoms with E-state index in [-0.39, 0.29) is 5.84 Å². The highest BCUT2D eigenvalue weighted by atomic mass is 79.9. The molecule has 17 heavy (non-hydrogen) atoms. The molecule has 0 aliphatic carbocycles. The molecule has 1 aromatic carbocycles. The first-order valence-electron chi connectivity index (χ1n) is 5.84. The second kappa shape index (κ2) is 6.05. The first-order chi connectivity index (χ1) is 7.97. The molecule has 0 fully saturated rings. The van der Waals surface area contributed by atoms with Gasteiger partial charge in [0.05, 0.1) is 0 Å². The third-order valence-electron chi connectivity index (χ3n) is 3.00. The molecule has 0 saturated carbocycles. The van der Waals surface area contributed by atoms with Gasteiger partial charge in [0.1, 0.15) is 5.84 Å². The zero-order valence-electron chi connectivity index (χ0n) is 10.6. The summed E-state index contributed by atoms with van der Waals surface area (Å²) in [6.07, 6.45) is 2.28. The predicted octanol–water partition coefficient (Wildman–Crippen LogP) is 3.36. The van der Waals surface area contributed by atoms with E-state index in [1.807, 2.05) is 18.2 Å². The monoisotopic (exact) mass is 297 g/mol. The van der Waals surface area contributed by atoms with Crippen LogP contribution in [-0.4, -0.2) is 18.9 Å². The van der Waals surface area contributed by atoms with Gasteiger partial charge in [-0.15, -0.1) is 0 Å². The largest absolute Gasteiger partial charge is 0.384 e. The number of nitrogen functional groups attached to an aromatic ring is 1. The van der Waals surface area contributed by atoms with Crippen LogP contribution in [0.15, 0.2) is 22.7 Å². The highest BCUT2D eigenvalue weighted by molar-refractivity contribution is 9.10. The maximum absolute atomic E-state index is 7.64. The Morgan fingerprint density at radius 1 is 1.53 bits per heavy atom. The lowest BCUT2D eigenvalue weighted by atomic mass is 10.1. The minimum absolute atomic E-state index is 0.108. The van der Waals surface area contributed by atoms with Crippen molar-refractivity contribution in [1.29, 1.82) is 5.41 Å². The second-order valence-corrected chi connectivity index (χ2v) is 5.24. The van der Waals surface area contributed by atoms with E-state index in [1.54, 1.807) is 0 Å². The second-order valence-electron chi connectivity index (χ2n) is 4.32. The molecule has 3 nitrogen and oxygen atoms in total. The number of nitrogens with two attached hydrogens (primary N) is 1. The molecule has 1 rings (SSSR count). The van der Waals surface area contributed by atoms with Crippen LogP contribution in [0.25, 0.3) is 0 Å². The van der Waals surface area contributed by atoms with Gasteiger partial charge in [0, 0.05) is 28.8 Å². The average Bonchev–Trinajstić information content (AvgIpc) is 2.28. The number of rotatable bonds is 5. The van der Waals surface area contributed by atoms with Gasteiger partial charge in [0.2, 0.25) is 0 Å². The van der Waals surface area contributed by atoms with Crippen molar-refractivity contribution in [2.75, 3.05) is 11.9 Å². The lowest BCUT2D eigenvalue weighted by molar-refractivity contribution is 0.616. The number of nitrogens with one attached hydrogen (secondary N) is 1. The molecule has 0 saturated heterocycles. The predicted molar refractivity (Wildman–Crippen MR) is 77.9 cm³/mol.